The molecule has 0 aliphatic rings. The molecule has 14 rings (SSSR count). The minimum atomic E-state index is -1.16. The first-order valence-corrected chi connectivity index (χ1v) is 27.1. The Morgan fingerprint density at radius 1 is 0.453 bits per heavy atom. The maximum absolute atomic E-state index is 10.6. The first-order valence-electron chi connectivity index (χ1n) is 40.1. The average Bonchev–Trinajstić information content (AvgIpc) is 0.907. The van der Waals surface area contributed by atoms with Crippen molar-refractivity contribution in [2.45, 2.75) is 52.4 Å². The summed E-state index contributed by atoms with van der Waals surface area (Å²) in [5.41, 5.74) is -6.59. The van der Waals surface area contributed by atoms with Gasteiger partial charge in [-0.1, -0.05) is 223 Å². The normalized spacial score (nSPS) is 16.0. The number of fused-ring (bicyclic) bond motifs is 4. The quantitative estimate of drug-likeness (QED) is 0.0956. The van der Waals surface area contributed by atoms with Crippen molar-refractivity contribution in [1.29, 1.82) is 0 Å². The third-order valence-electron chi connectivity index (χ3n) is 14.4. The predicted molar refractivity (Wildman–Crippen MR) is 350 cm³/mol. The van der Waals surface area contributed by atoms with E-state index in [-0.39, 0.29) is 71.6 Å². The third-order valence-corrected chi connectivity index (χ3v) is 14.4. The van der Waals surface area contributed by atoms with Crippen molar-refractivity contribution in [2.75, 3.05) is 0 Å². The van der Waals surface area contributed by atoms with E-state index in [2.05, 4.69) is 39.2 Å². The fraction of sp³-hybridized carbons (Fsp3) is 0.100. The Labute approximate surface area is 554 Å². The van der Waals surface area contributed by atoms with E-state index in [1.807, 2.05) is 47.0 Å². The van der Waals surface area contributed by atoms with Gasteiger partial charge in [0, 0.05) is 44.3 Å². The molecule has 420 valence electrons. The van der Waals surface area contributed by atoms with E-state index in [4.69, 9.17) is 26.2 Å². The van der Waals surface area contributed by atoms with Crippen molar-refractivity contribution in [1.82, 2.24) is 14.1 Å². The second-order valence-electron chi connectivity index (χ2n) is 22.0. The molecule has 0 saturated heterocycles. The fourth-order valence-corrected chi connectivity index (χ4v) is 10.2. The summed E-state index contributed by atoms with van der Waals surface area (Å²) in [6.07, 6.45) is 5.16. The molecule has 0 saturated carbocycles. The van der Waals surface area contributed by atoms with Crippen molar-refractivity contribution >= 4 is 32.8 Å². The monoisotopic (exact) mass is 1320 g/mol. The predicted octanol–water partition coefficient (Wildman–Crippen LogP) is 20.2. The van der Waals surface area contributed by atoms with Gasteiger partial charge < -0.3 is 13.9 Å². The van der Waals surface area contributed by atoms with Crippen LogP contribution in [-0.4, -0.2) is 14.1 Å². The van der Waals surface area contributed by atoms with Crippen LogP contribution in [0.1, 0.15) is 88.3 Å². The summed E-state index contributed by atoms with van der Waals surface area (Å²) >= 11 is 0. The molecule has 3 heterocycles. The number of hydrogen-bond donors (Lipinski definition) is 0. The van der Waals surface area contributed by atoms with Gasteiger partial charge >= 0.3 is 0 Å². The van der Waals surface area contributed by atoms with Crippen molar-refractivity contribution in [2.24, 2.45) is 0 Å². The SMILES string of the molecule is [2H]c1c([2H])c([2H])c(-c2c([2H])c(-c3cc(C(C)(C)C)cc(-c4c([2H])c(-c5c([2H])c([2H])c([2H])c([2H])c5[2H])c([2H])c(-c5c([2H])c([2H])c([2H])c([2H])c5[2H])c4[2H])c3-[n+]3[c-]n(-c4[c-]c(Oc5[c-]c6c(cc5)c5ccccc5n6-c5cc(C(C)(C)C)ccn5)ccc4)c4ccccc43)c([2H])c(-c3c([2H])c([2H])c([2H])c([2H])c3[2H])c2[2H])c([2H])c1[2H].[Pt]. The fourth-order valence-electron chi connectivity index (χ4n) is 10.2. The zero-order valence-corrected chi connectivity index (χ0v) is 49.2. The van der Waals surface area contributed by atoms with Crippen molar-refractivity contribution in [3.63, 3.8) is 0 Å². The van der Waals surface area contributed by atoms with Crippen LogP contribution in [-0.2, 0) is 31.9 Å². The Hall–Kier alpha value is -9.67. The molecule has 0 bridgehead atoms. The molecule has 86 heavy (non-hydrogen) atoms. The number of rotatable bonds is 11. The van der Waals surface area contributed by atoms with Crippen LogP contribution in [0.15, 0.2) is 266 Å². The molecule has 0 aliphatic heterocycles. The van der Waals surface area contributed by atoms with Crippen LogP contribution >= 0.6 is 0 Å². The molecule has 5 nitrogen and oxygen atoms in total. The molecule has 0 fully saturated rings. The Kier molecular flexibility index (Phi) is 8.76. The number of benzene rings is 11. The van der Waals surface area contributed by atoms with Gasteiger partial charge in [0.15, 0.2) is 0 Å². The summed E-state index contributed by atoms with van der Waals surface area (Å²) in [4.78, 5) is 4.82. The van der Waals surface area contributed by atoms with Crippen LogP contribution in [0.3, 0.4) is 0 Å². The summed E-state index contributed by atoms with van der Waals surface area (Å²) in [5, 5.41) is 1.79. The topological polar surface area (TPSA) is 35.9 Å². The largest absolute Gasteiger partial charge is 0.510 e. The molecule has 0 radical (unpaired) electrons. The van der Waals surface area contributed by atoms with Crippen LogP contribution in [0, 0.1) is 18.5 Å². The molecule has 0 spiro atoms. The standard InChI is InChI=1S/C80H62N4O.Pt/c1-79(2,3)64-40-41-81-77(50-64)84-73-35-20-19-34-69(73)70-39-38-68(52-76(70)84)85-67-33-23-32-66(51-67)82-53-83(75-37-22-21-36-74(75)82)78-71(62-44-58(54-24-11-7-12-25-54)42-59(45-62)55-26-13-8-14-27-55)48-65(80(4,5)6)49-72(78)63-46-60(56-28-15-9-16-29-56)43-61(47-63)57-30-17-10-18-31-57;/h7-50H,1-6H3;/q-2;/i7D,8D,9D,10D,11D,12D,13D,14D,15D,16D,17D,18D,24D,25D,26D,27D,28D,29D,30D,31D,42D,43D,44D,45D,46D,47D;. The molecule has 0 atom stereocenters. The van der Waals surface area contributed by atoms with Crippen molar-refractivity contribution in [3.8, 4) is 95.5 Å². The van der Waals surface area contributed by atoms with Gasteiger partial charge in [0.25, 0.3) is 6.33 Å². The van der Waals surface area contributed by atoms with Gasteiger partial charge in [0.1, 0.15) is 5.82 Å². The van der Waals surface area contributed by atoms with Gasteiger partial charge in [-0.2, -0.15) is 18.2 Å². The van der Waals surface area contributed by atoms with Gasteiger partial charge in [-0.05, 0) is 154 Å². The van der Waals surface area contributed by atoms with Gasteiger partial charge in [-0.3, -0.25) is 4.57 Å². The van der Waals surface area contributed by atoms with Crippen LogP contribution in [0.2, 0.25) is 0 Å². The first kappa shape index (κ1) is 33.1. The van der Waals surface area contributed by atoms with Crippen molar-refractivity contribution in [3.05, 3.63) is 296 Å². The van der Waals surface area contributed by atoms with E-state index in [0.717, 1.165) is 21.9 Å². The average molecular weight is 1320 g/mol. The molecule has 6 heteroatoms. The summed E-state index contributed by atoms with van der Waals surface area (Å²) in [5.74, 6) is 1.05. The first-order chi connectivity index (χ1) is 52.2. The number of ether oxygens (including phenoxy) is 1. The minimum Gasteiger partial charge on any atom is -0.510 e. The minimum absolute atomic E-state index is 0. The molecule has 11 aromatic carbocycles. The zero-order chi connectivity index (χ0) is 80.4. The van der Waals surface area contributed by atoms with E-state index < -0.39 is 218 Å². The molecule has 14 aromatic rings. The Bertz CT molecular complexity index is 5900. The summed E-state index contributed by atoms with van der Waals surface area (Å²) in [6.45, 7) is 11.5. The van der Waals surface area contributed by atoms with Crippen LogP contribution in [0.25, 0.3) is 117 Å². The third kappa shape index (κ3) is 10.7. The zero-order valence-electron chi connectivity index (χ0n) is 72.9. The van der Waals surface area contributed by atoms with Gasteiger partial charge in [-0.15, -0.1) is 29.7 Å². The number of nitrogens with zero attached hydrogens (tertiary/aromatic N) is 4. The summed E-state index contributed by atoms with van der Waals surface area (Å²) in [7, 11) is 0. The number of para-hydroxylation sites is 3. The number of pyridine rings is 1. The van der Waals surface area contributed by atoms with Gasteiger partial charge in [0.2, 0.25) is 0 Å². The molecule has 0 aliphatic carbocycles. The maximum Gasteiger partial charge on any atom is 0.268 e. The Morgan fingerprint density at radius 3 is 1.48 bits per heavy atom. The van der Waals surface area contributed by atoms with Gasteiger partial charge in [0.05, 0.1) is 52.4 Å². The van der Waals surface area contributed by atoms with Crippen LogP contribution < -0.4 is 9.30 Å². The van der Waals surface area contributed by atoms with E-state index in [1.165, 1.54) is 21.3 Å². The van der Waals surface area contributed by atoms with E-state index in [9.17, 15) is 19.2 Å². The second-order valence-corrected chi connectivity index (χ2v) is 22.0. The smallest absolute Gasteiger partial charge is 0.268 e. The van der Waals surface area contributed by atoms with Crippen LogP contribution in [0.5, 0.6) is 11.5 Å². The Morgan fingerprint density at radius 2 is 0.942 bits per heavy atom. The molecular weight excluding hydrogens is 1230 g/mol. The molecule has 0 amide bonds. The molecular formula is C80H62N4OPt-2. The summed E-state index contributed by atoms with van der Waals surface area (Å²) in [6, 6.07) is 12.6. The van der Waals surface area contributed by atoms with E-state index in [0.29, 0.717) is 16.9 Å². The number of aromatic nitrogens is 4. The van der Waals surface area contributed by atoms with E-state index >= 15 is 0 Å². The van der Waals surface area contributed by atoms with Crippen molar-refractivity contribution < 1.29 is 66.0 Å². The Balaban J connectivity index is 0.0000110. The second kappa shape index (κ2) is 22.7. The maximum atomic E-state index is 10.6. The van der Waals surface area contributed by atoms with Gasteiger partial charge in [-0.25, -0.2) is 4.98 Å². The molecule has 0 N–H and O–H groups in total. The molecule has 3 aromatic heterocycles. The summed E-state index contributed by atoms with van der Waals surface area (Å²) < 4.78 is 255. The van der Waals surface area contributed by atoms with E-state index in [1.54, 1.807) is 75.5 Å². The number of imidazole rings is 1. The molecule has 0 unspecified atom stereocenters. The number of hydrogen-bond acceptors (Lipinski definition) is 2. The van der Waals surface area contributed by atoms with Crippen LogP contribution in [0.4, 0.5) is 0 Å².